The Morgan fingerprint density at radius 3 is 2.52 bits per heavy atom. The van der Waals surface area contributed by atoms with E-state index < -0.39 is 17.7 Å². The molecule has 1 saturated carbocycles. The number of benzene rings is 1. The molecule has 1 unspecified atom stereocenters. The van der Waals surface area contributed by atoms with Crippen molar-refractivity contribution in [2.45, 2.75) is 45.3 Å². The first-order chi connectivity index (χ1) is 9.58. The zero-order chi connectivity index (χ0) is 15.8. The lowest BCUT2D eigenvalue weighted by atomic mass is 9.92. The minimum absolute atomic E-state index is 0.0924. The number of rotatable bonds is 3. The maximum Gasteiger partial charge on any atom is 0.416 e. The zero-order valence-corrected chi connectivity index (χ0v) is 11.9. The smallest absolute Gasteiger partial charge is 0.416 e. The van der Waals surface area contributed by atoms with E-state index >= 15 is 0 Å². The Morgan fingerprint density at radius 2 is 2.05 bits per heavy atom. The summed E-state index contributed by atoms with van der Waals surface area (Å²) in [5.74, 6) is -1.36. The molecule has 1 aromatic rings. The van der Waals surface area contributed by atoms with E-state index in [9.17, 15) is 18.0 Å². The van der Waals surface area contributed by atoms with Gasteiger partial charge in [-0.15, -0.1) is 0 Å². The van der Waals surface area contributed by atoms with Gasteiger partial charge >= 0.3 is 12.1 Å². The summed E-state index contributed by atoms with van der Waals surface area (Å²) < 4.78 is 38.0. The third-order valence-corrected chi connectivity index (χ3v) is 3.91. The number of nitrogens with one attached hydrogen (secondary N) is 1. The second kappa shape index (κ2) is 5.24. The second-order valence-corrected chi connectivity index (χ2v) is 6.31. The number of halogens is 3. The fourth-order valence-corrected chi connectivity index (χ4v) is 2.80. The summed E-state index contributed by atoms with van der Waals surface area (Å²) in [6.45, 7) is 4.25. The fourth-order valence-electron chi connectivity index (χ4n) is 2.80. The van der Waals surface area contributed by atoms with E-state index in [0.29, 0.717) is 6.07 Å². The molecule has 1 fully saturated rings. The van der Waals surface area contributed by atoms with Crippen LogP contribution in [-0.4, -0.2) is 17.1 Å². The molecular formula is C15H18F3NO2. The first-order valence-electron chi connectivity index (χ1n) is 6.79. The van der Waals surface area contributed by atoms with E-state index in [1.165, 1.54) is 6.07 Å². The van der Waals surface area contributed by atoms with Gasteiger partial charge in [0.2, 0.25) is 0 Å². The summed E-state index contributed by atoms with van der Waals surface area (Å²) >= 11 is 0. The van der Waals surface area contributed by atoms with Gasteiger partial charge in [0.1, 0.15) is 0 Å². The van der Waals surface area contributed by atoms with Gasteiger partial charge in [0, 0.05) is 11.7 Å². The summed E-state index contributed by atoms with van der Waals surface area (Å²) in [5, 5.41) is 12.2. The lowest BCUT2D eigenvalue weighted by molar-refractivity contribution is -0.137. The first kappa shape index (κ1) is 15.7. The quantitative estimate of drug-likeness (QED) is 0.870. The van der Waals surface area contributed by atoms with Crippen LogP contribution in [0.15, 0.2) is 18.2 Å². The molecule has 1 aliphatic carbocycles. The topological polar surface area (TPSA) is 49.3 Å². The molecule has 2 rings (SSSR count). The average Bonchev–Trinajstić information content (AvgIpc) is 2.67. The molecule has 21 heavy (non-hydrogen) atoms. The number of anilines is 1. The highest BCUT2D eigenvalue weighted by molar-refractivity contribution is 5.94. The SMILES string of the molecule is CC1(C)CCC(Nc2ccc(C(F)(F)F)cc2C(=O)O)C1. The van der Waals surface area contributed by atoms with Gasteiger partial charge in [-0.1, -0.05) is 13.8 Å². The van der Waals surface area contributed by atoms with Crippen LogP contribution in [-0.2, 0) is 6.18 Å². The highest BCUT2D eigenvalue weighted by atomic mass is 19.4. The van der Waals surface area contributed by atoms with E-state index in [2.05, 4.69) is 19.2 Å². The Kier molecular flexibility index (Phi) is 3.91. The van der Waals surface area contributed by atoms with Gasteiger partial charge in [-0.2, -0.15) is 13.2 Å². The minimum atomic E-state index is -4.54. The Hall–Kier alpha value is -1.72. The van der Waals surface area contributed by atoms with Crippen LogP contribution in [0.2, 0.25) is 0 Å². The van der Waals surface area contributed by atoms with Gasteiger partial charge in [-0.3, -0.25) is 0 Å². The van der Waals surface area contributed by atoms with Crippen molar-refractivity contribution in [1.82, 2.24) is 0 Å². The van der Waals surface area contributed by atoms with Crippen LogP contribution >= 0.6 is 0 Å². The third-order valence-electron chi connectivity index (χ3n) is 3.91. The Bertz CT molecular complexity index is 552. The molecule has 0 amide bonds. The molecule has 1 aliphatic rings. The zero-order valence-electron chi connectivity index (χ0n) is 11.9. The van der Waals surface area contributed by atoms with Gasteiger partial charge in [0.15, 0.2) is 0 Å². The fraction of sp³-hybridized carbons (Fsp3) is 0.533. The average molecular weight is 301 g/mol. The molecule has 1 atom stereocenters. The minimum Gasteiger partial charge on any atom is -0.478 e. The Morgan fingerprint density at radius 1 is 1.38 bits per heavy atom. The maximum atomic E-state index is 12.7. The Balaban J connectivity index is 2.26. The van der Waals surface area contributed by atoms with Crippen molar-refractivity contribution in [2.24, 2.45) is 5.41 Å². The van der Waals surface area contributed by atoms with Gasteiger partial charge < -0.3 is 10.4 Å². The third kappa shape index (κ3) is 3.68. The molecule has 0 bridgehead atoms. The second-order valence-electron chi connectivity index (χ2n) is 6.31. The van der Waals surface area contributed by atoms with Crippen molar-refractivity contribution in [1.29, 1.82) is 0 Å². The predicted octanol–water partition coefficient (Wildman–Crippen LogP) is 4.39. The Labute approximate surface area is 121 Å². The largest absolute Gasteiger partial charge is 0.478 e. The molecule has 116 valence electrons. The molecule has 0 heterocycles. The van der Waals surface area contributed by atoms with Crippen LogP contribution in [0, 0.1) is 5.41 Å². The van der Waals surface area contributed by atoms with E-state index in [0.717, 1.165) is 25.3 Å². The monoisotopic (exact) mass is 301 g/mol. The first-order valence-corrected chi connectivity index (χ1v) is 6.79. The molecule has 0 aliphatic heterocycles. The van der Waals surface area contributed by atoms with Crippen LogP contribution in [0.5, 0.6) is 0 Å². The maximum absolute atomic E-state index is 12.7. The molecule has 0 saturated heterocycles. The molecular weight excluding hydrogens is 283 g/mol. The van der Waals surface area contributed by atoms with E-state index in [1.54, 1.807) is 0 Å². The predicted molar refractivity (Wildman–Crippen MR) is 73.4 cm³/mol. The number of hydrogen-bond acceptors (Lipinski definition) is 2. The normalized spacial score (nSPS) is 21.3. The van der Waals surface area contributed by atoms with Crippen molar-refractivity contribution in [3.63, 3.8) is 0 Å². The molecule has 0 spiro atoms. The van der Waals surface area contributed by atoms with Crippen LogP contribution in [0.4, 0.5) is 18.9 Å². The molecule has 1 aromatic carbocycles. The van der Waals surface area contributed by atoms with Crippen LogP contribution in [0.3, 0.4) is 0 Å². The van der Waals surface area contributed by atoms with Crippen molar-refractivity contribution >= 4 is 11.7 Å². The molecule has 2 N–H and O–H groups in total. The van der Waals surface area contributed by atoms with Gasteiger partial charge in [-0.25, -0.2) is 4.79 Å². The summed E-state index contributed by atoms with van der Waals surface area (Å²) in [6, 6.07) is 2.90. The van der Waals surface area contributed by atoms with Crippen molar-refractivity contribution in [3.8, 4) is 0 Å². The molecule has 6 heteroatoms. The van der Waals surface area contributed by atoms with Crippen LogP contribution < -0.4 is 5.32 Å². The number of alkyl halides is 3. The van der Waals surface area contributed by atoms with Gasteiger partial charge in [0.05, 0.1) is 11.1 Å². The standard InChI is InChI=1S/C15H18F3NO2/c1-14(2)6-5-10(8-14)19-12-4-3-9(15(16,17)18)7-11(12)13(20)21/h3-4,7,10,19H,5-6,8H2,1-2H3,(H,20,21). The van der Waals surface area contributed by atoms with Crippen molar-refractivity contribution in [3.05, 3.63) is 29.3 Å². The summed E-state index contributed by atoms with van der Waals surface area (Å²) in [7, 11) is 0. The number of carboxylic acid groups (broad SMARTS) is 1. The van der Waals surface area contributed by atoms with Crippen LogP contribution in [0.25, 0.3) is 0 Å². The van der Waals surface area contributed by atoms with E-state index in [4.69, 9.17) is 5.11 Å². The number of aromatic carboxylic acids is 1. The van der Waals surface area contributed by atoms with Crippen molar-refractivity contribution < 1.29 is 23.1 Å². The van der Waals surface area contributed by atoms with Crippen LogP contribution in [0.1, 0.15) is 49.0 Å². The van der Waals surface area contributed by atoms with Gasteiger partial charge in [0.25, 0.3) is 0 Å². The summed E-state index contributed by atoms with van der Waals surface area (Å²) in [4.78, 5) is 11.2. The van der Waals surface area contributed by atoms with E-state index in [-0.39, 0.29) is 22.7 Å². The lowest BCUT2D eigenvalue weighted by Gasteiger charge is -2.20. The number of hydrogen-bond donors (Lipinski definition) is 2. The van der Waals surface area contributed by atoms with Gasteiger partial charge in [-0.05, 0) is 42.9 Å². The summed E-state index contributed by atoms with van der Waals surface area (Å²) in [5.41, 5.74) is -0.864. The molecule has 0 radical (unpaired) electrons. The number of carbonyl (C=O) groups is 1. The van der Waals surface area contributed by atoms with Crippen molar-refractivity contribution in [2.75, 3.05) is 5.32 Å². The highest BCUT2D eigenvalue weighted by Gasteiger charge is 2.33. The highest BCUT2D eigenvalue weighted by Crippen LogP contribution is 2.39. The summed E-state index contributed by atoms with van der Waals surface area (Å²) in [6.07, 6.45) is -1.79. The number of carboxylic acids is 1. The molecule has 0 aromatic heterocycles. The molecule has 3 nitrogen and oxygen atoms in total. The lowest BCUT2D eigenvalue weighted by Crippen LogP contribution is -2.20. The van der Waals surface area contributed by atoms with E-state index in [1.807, 2.05) is 0 Å².